The molecule has 7 aromatic rings. The number of hydrogen-bond donors (Lipinski definition) is 1. The number of aliphatic carboxylic acids is 1. The van der Waals surface area contributed by atoms with Gasteiger partial charge in [0.15, 0.2) is 11.8 Å². The van der Waals surface area contributed by atoms with Crippen LogP contribution in [0.25, 0.3) is 50.1 Å². The zero-order chi connectivity index (χ0) is 36.1. The second kappa shape index (κ2) is 12.9. The van der Waals surface area contributed by atoms with E-state index in [1.165, 1.54) is 12.1 Å². The second-order valence-electron chi connectivity index (χ2n) is 14.0. The number of fused-ring (bicyclic) bond motifs is 15. The summed E-state index contributed by atoms with van der Waals surface area (Å²) in [5, 5.41) is 17.4. The highest BCUT2D eigenvalue weighted by atomic mass is 19.1. The van der Waals surface area contributed by atoms with Crippen molar-refractivity contribution in [1.82, 2.24) is 14.6 Å². The first kappa shape index (κ1) is 33.1. The van der Waals surface area contributed by atoms with Crippen LogP contribution >= 0.6 is 0 Å². The zero-order valence-electron chi connectivity index (χ0n) is 29.2. The summed E-state index contributed by atoms with van der Waals surface area (Å²) in [5.41, 5.74) is 6.80. The summed E-state index contributed by atoms with van der Waals surface area (Å²) in [5.74, 6) is -0.450. The van der Waals surface area contributed by atoms with Crippen molar-refractivity contribution in [1.29, 1.82) is 0 Å². The zero-order valence-corrected chi connectivity index (χ0v) is 29.2. The van der Waals surface area contributed by atoms with Gasteiger partial charge in [0.25, 0.3) is 0 Å². The minimum Gasteiger partial charge on any atom is -0.488 e. The van der Waals surface area contributed by atoms with E-state index in [0.29, 0.717) is 46.4 Å². The Kier molecular flexibility index (Phi) is 8.23. The Bertz CT molecular complexity index is 2520. The predicted octanol–water partition coefficient (Wildman–Crippen LogP) is 9.74. The molecule has 1 aliphatic rings. The van der Waals surface area contributed by atoms with E-state index >= 15 is 0 Å². The predicted molar refractivity (Wildman–Crippen MR) is 198 cm³/mol. The summed E-state index contributed by atoms with van der Waals surface area (Å²) in [6, 6.07) is 33.9. The maximum atomic E-state index is 14.6. The number of carboxylic acid groups (broad SMARTS) is 1. The van der Waals surface area contributed by atoms with Gasteiger partial charge in [0.2, 0.25) is 0 Å². The number of carboxylic acids is 1. The van der Waals surface area contributed by atoms with Crippen LogP contribution in [-0.2, 0) is 22.7 Å². The first-order valence-corrected chi connectivity index (χ1v) is 17.1. The molecule has 1 aliphatic heterocycles. The number of aryl methyl sites for hydroxylation is 1. The standard InChI is InChI=1S/C43H36FN3O5/c1-25-39(41(42(48)49)52-43(2,3)4)40-34-17-18-36(33-14-6-5-13-32(33)34)50-23-26-9-7-10-27(19-26)24-51-37-21-30(44)15-16-31(37)28-11-8-12-29(20-28)35-22-38(45-25)47(40)46-35/h5-22,41H,23-24H2,1-4H3,(H,48,49). The van der Waals surface area contributed by atoms with Gasteiger partial charge < -0.3 is 19.3 Å². The van der Waals surface area contributed by atoms with Gasteiger partial charge in [0.1, 0.15) is 30.5 Å². The molecule has 52 heavy (non-hydrogen) atoms. The third-order valence-corrected chi connectivity index (χ3v) is 9.12. The fourth-order valence-corrected chi connectivity index (χ4v) is 6.87. The topological polar surface area (TPSA) is 95.2 Å². The van der Waals surface area contributed by atoms with Crippen LogP contribution in [0.4, 0.5) is 4.39 Å². The van der Waals surface area contributed by atoms with Gasteiger partial charge in [0, 0.05) is 45.5 Å². The van der Waals surface area contributed by atoms with Gasteiger partial charge in [0.05, 0.1) is 17.0 Å². The van der Waals surface area contributed by atoms with Crippen molar-refractivity contribution < 1.29 is 28.5 Å². The Morgan fingerprint density at radius 3 is 2.25 bits per heavy atom. The van der Waals surface area contributed by atoms with Gasteiger partial charge in [-0.3, -0.25) is 0 Å². The van der Waals surface area contributed by atoms with Crippen LogP contribution in [0.15, 0.2) is 109 Å². The molecular weight excluding hydrogens is 657 g/mol. The third-order valence-electron chi connectivity index (χ3n) is 9.12. The lowest BCUT2D eigenvalue weighted by Gasteiger charge is -2.28. The summed E-state index contributed by atoms with van der Waals surface area (Å²) >= 11 is 0. The number of aromatic nitrogens is 3. The molecule has 8 bridgehead atoms. The lowest BCUT2D eigenvalue weighted by molar-refractivity contribution is -0.160. The molecule has 0 radical (unpaired) electrons. The minimum atomic E-state index is -1.34. The average Bonchev–Trinajstić information content (AvgIpc) is 3.55. The second-order valence-corrected chi connectivity index (χ2v) is 14.0. The molecule has 1 N–H and O–H groups in total. The van der Waals surface area contributed by atoms with Crippen LogP contribution in [-0.4, -0.2) is 31.3 Å². The van der Waals surface area contributed by atoms with Crippen molar-refractivity contribution in [3.8, 4) is 45.1 Å². The van der Waals surface area contributed by atoms with Gasteiger partial charge in [-0.2, -0.15) is 5.10 Å². The van der Waals surface area contributed by atoms with Crippen molar-refractivity contribution in [3.63, 3.8) is 0 Å². The van der Waals surface area contributed by atoms with Gasteiger partial charge in [-0.1, -0.05) is 60.7 Å². The number of halogens is 1. The third kappa shape index (κ3) is 6.24. The highest BCUT2D eigenvalue weighted by Gasteiger charge is 2.34. The molecule has 1 unspecified atom stereocenters. The smallest absolute Gasteiger partial charge is 0.337 e. The molecule has 0 fully saturated rings. The van der Waals surface area contributed by atoms with E-state index in [-0.39, 0.29) is 6.61 Å². The molecule has 260 valence electrons. The fraction of sp³-hybridized carbons (Fsp3) is 0.186. The summed E-state index contributed by atoms with van der Waals surface area (Å²) in [7, 11) is 0. The van der Waals surface area contributed by atoms with E-state index in [4.69, 9.17) is 24.3 Å². The number of nitrogens with zero attached hydrogens (tertiary/aromatic N) is 3. The molecule has 0 saturated heterocycles. The molecule has 0 spiro atoms. The van der Waals surface area contributed by atoms with Crippen LogP contribution in [0.1, 0.15) is 49.3 Å². The molecule has 9 heteroatoms. The first-order chi connectivity index (χ1) is 25.0. The summed E-state index contributed by atoms with van der Waals surface area (Å²) in [4.78, 5) is 17.9. The number of rotatable bonds is 3. The van der Waals surface area contributed by atoms with Crippen molar-refractivity contribution in [2.45, 2.75) is 52.6 Å². The van der Waals surface area contributed by atoms with E-state index < -0.39 is 23.5 Å². The van der Waals surface area contributed by atoms with Gasteiger partial charge in [-0.15, -0.1) is 0 Å². The van der Waals surface area contributed by atoms with Crippen LogP contribution in [0.5, 0.6) is 11.5 Å². The Balaban J connectivity index is 1.43. The number of ether oxygens (including phenoxy) is 3. The first-order valence-electron chi connectivity index (χ1n) is 17.1. The van der Waals surface area contributed by atoms with Crippen LogP contribution < -0.4 is 9.47 Å². The van der Waals surface area contributed by atoms with Crippen LogP contribution in [0.2, 0.25) is 0 Å². The van der Waals surface area contributed by atoms with Crippen molar-refractivity contribution in [3.05, 3.63) is 137 Å². The average molecular weight is 694 g/mol. The van der Waals surface area contributed by atoms with E-state index in [1.807, 2.05) is 112 Å². The molecule has 2 aromatic heterocycles. The molecule has 1 atom stereocenters. The highest BCUT2D eigenvalue weighted by molar-refractivity contribution is 6.01. The Hall–Kier alpha value is -6.06. The summed E-state index contributed by atoms with van der Waals surface area (Å²) in [6.07, 6.45) is -1.34. The molecule has 8 nitrogen and oxygen atoms in total. The van der Waals surface area contributed by atoms with Gasteiger partial charge in [-0.05, 0) is 86.2 Å². The largest absolute Gasteiger partial charge is 0.488 e. The molecule has 0 amide bonds. The molecule has 0 aliphatic carbocycles. The summed E-state index contributed by atoms with van der Waals surface area (Å²) in [6.45, 7) is 7.83. The highest BCUT2D eigenvalue weighted by Crippen LogP contribution is 2.42. The Morgan fingerprint density at radius 2 is 1.50 bits per heavy atom. The summed E-state index contributed by atoms with van der Waals surface area (Å²) < 4.78 is 35.3. The fourth-order valence-electron chi connectivity index (χ4n) is 6.87. The van der Waals surface area contributed by atoms with Crippen LogP contribution in [0.3, 0.4) is 0 Å². The van der Waals surface area contributed by atoms with E-state index in [9.17, 15) is 14.3 Å². The molecular formula is C43H36FN3O5. The van der Waals surface area contributed by atoms with Gasteiger partial charge >= 0.3 is 5.97 Å². The quantitative estimate of drug-likeness (QED) is 0.197. The van der Waals surface area contributed by atoms with Gasteiger partial charge in [-0.25, -0.2) is 18.7 Å². The van der Waals surface area contributed by atoms with Crippen molar-refractivity contribution in [2.24, 2.45) is 0 Å². The number of hydrogen-bond acceptors (Lipinski definition) is 6. The van der Waals surface area contributed by atoms with E-state index in [1.54, 1.807) is 17.5 Å². The molecule has 8 rings (SSSR count). The maximum Gasteiger partial charge on any atom is 0.337 e. The SMILES string of the molecule is Cc1nc2cc3nn2c(c1C(OC(C)(C)C)C(=O)O)-c1ccc(c2ccccc12)OCc1cccc(c1)COc1cc(F)ccc1-c1cccc-3c1. The lowest BCUT2D eigenvalue weighted by atomic mass is 9.94. The normalized spacial score (nSPS) is 13.4. The van der Waals surface area contributed by atoms with E-state index in [0.717, 1.165) is 44.2 Å². The number of benzene rings is 5. The maximum absolute atomic E-state index is 14.6. The minimum absolute atomic E-state index is 0.237. The van der Waals surface area contributed by atoms with E-state index in [2.05, 4.69) is 0 Å². The molecule has 5 aromatic carbocycles. The number of carbonyl (C=O) groups is 1. The Morgan fingerprint density at radius 1 is 0.808 bits per heavy atom. The lowest BCUT2D eigenvalue weighted by Crippen LogP contribution is -2.29. The molecule has 3 heterocycles. The van der Waals surface area contributed by atoms with Crippen molar-refractivity contribution >= 4 is 22.4 Å². The molecule has 0 saturated carbocycles. The monoisotopic (exact) mass is 693 g/mol. The Labute approximate surface area is 300 Å². The van der Waals surface area contributed by atoms with Crippen molar-refractivity contribution in [2.75, 3.05) is 0 Å². The van der Waals surface area contributed by atoms with Crippen LogP contribution in [0, 0.1) is 12.7 Å².